The Morgan fingerprint density at radius 2 is 1.88 bits per heavy atom. The van der Waals surface area contributed by atoms with E-state index >= 15 is 0 Å². The lowest BCUT2D eigenvalue weighted by Crippen LogP contribution is -2.12. The first kappa shape index (κ1) is 19.8. The summed E-state index contributed by atoms with van der Waals surface area (Å²) in [6.45, 7) is 0.246. The van der Waals surface area contributed by atoms with Gasteiger partial charge in [-0.3, -0.25) is 4.79 Å². The van der Waals surface area contributed by atoms with Crippen molar-refractivity contribution in [3.05, 3.63) is 70.1 Å². The Morgan fingerprint density at radius 1 is 1.15 bits per heavy atom. The summed E-state index contributed by atoms with van der Waals surface area (Å²) >= 11 is 7.52. The van der Waals surface area contributed by atoms with E-state index in [2.05, 4.69) is 4.74 Å². The number of hydrogen-bond acceptors (Lipinski definition) is 4. The summed E-state index contributed by atoms with van der Waals surface area (Å²) in [6, 6.07) is 15.1. The molecule has 7 heteroatoms. The van der Waals surface area contributed by atoms with Gasteiger partial charge in [0.05, 0.1) is 0 Å². The van der Waals surface area contributed by atoms with Crippen LogP contribution in [0.3, 0.4) is 0 Å². The molecule has 3 rings (SSSR count). The molecule has 3 aromatic rings. The van der Waals surface area contributed by atoms with Gasteiger partial charge in [-0.1, -0.05) is 41.9 Å². The number of rotatable bonds is 5. The van der Waals surface area contributed by atoms with E-state index in [9.17, 15) is 9.59 Å². The average Bonchev–Trinajstić information content (AvgIpc) is 3.02. The molecule has 5 nitrogen and oxygen atoms in total. The molecule has 2 aromatic carbocycles. The van der Waals surface area contributed by atoms with Gasteiger partial charge in [0.1, 0.15) is 6.61 Å². The summed E-state index contributed by atoms with van der Waals surface area (Å²) in [5.41, 5.74) is 6.78. The van der Waals surface area contributed by atoms with Crippen molar-refractivity contribution in [1.29, 1.82) is 0 Å². The Kier molecular flexibility index (Phi) is 7.44. The molecule has 0 atom stereocenters. The Labute approximate surface area is 160 Å². The van der Waals surface area contributed by atoms with Crippen LogP contribution in [0.4, 0.5) is 4.79 Å². The smallest absolute Gasteiger partial charge is 0.404 e. The summed E-state index contributed by atoms with van der Waals surface area (Å²) in [5.74, 6) is -0.767. The fourth-order valence-corrected chi connectivity index (χ4v) is 3.37. The Hall–Kier alpha value is -2.57. The van der Waals surface area contributed by atoms with Crippen LogP contribution in [0.2, 0.25) is 5.02 Å². The van der Waals surface area contributed by atoms with Crippen molar-refractivity contribution in [2.24, 2.45) is 5.73 Å². The van der Waals surface area contributed by atoms with Crippen LogP contribution in [0.15, 0.2) is 53.9 Å². The van der Waals surface area contributed by atoms with E-state index < -0.39 is 12.1 Å². The Balaban J connectivity index is 0.000000197. The van der Waals surface area contributed by atoms with Crippen molar-refractivity contribution in [2.75, 3.05) is 0 Å². The van der Waals surface area contributed by atoms with Crippen LogP contribution >= 0.6 is 22.9 Å². The van der Waals surface area contributed by atoms with E-state index in [1.165, 1.54) is 0 Å². The van der Waals surface area contributed by atoms with E-state index in [0.29, 0.717) is 11.4 Å². The lowest BCUT2D eigenvalue weighted by Gasteiger charge is -1.99. The number of carbonyl (C=O) groups is 2. The van der Waals surface area contributed by atoms with Crippen molar-refractivity contribution in [3.8, 4) is 0 Å². The van der Waals surface area contributed by atoms with Gasteiger partial charge in [0.2, 0.25) is 0 Å². The third kappa shape index (κ3) is 6.38. The molecule has 1 amide bonds. The first-order chi connectivity index (χ1) is 12.5. The van der Waals surface area contributed by atoms with Crippen LogP contribution < -0.4 is 5.73 Å². The minimum atomic E-state index is -0.767. The van der Waals surface area contributed by atoms with Crippen molar-refractivity contribution < 1.29 is 19.4 Å². The first-order valence-electron chi connectivity index (χ1n) is 7.79. The first-order valence-corrected chi connectivity index (χ1v) is 9.05. The number of fused-ring (bicyclic) bond motifs is 1. The number of amides is 1. The highest BCUT2D eigenvalue weighted by atomic mass is 35.5. The maximum atomic E-state index is 10.5. The maximum Gasteiger partial charge on any atom is 0.404 e. The molecule has 1 heterocycles. The highest BCUT2D eigenvalue weighted by molar-refractivity contribution is 7.17. The highest BCUT2D eigenvalue weighted by Gasteiger charge is 2.06. The molecule has 0 spiro atoms. The van der Waals surface area contributed by atoms with Crippen LogP contribution in [-0.2, 0) is 22.6 Å². The van der Waals surface area contributed by atoms with Gasteiger partial charge in [-0.25, -0.2) is 4.79 Å². The number of primary amides is 1. The SMILES string of the molecule is NC(=O)OCc1ccccc1.O=C(O)CCc1csc2ccc(Cl)cc12. The van der Waals surface area contributed by atoms with Gasteiger partial charge in [-0.05, 0) is 46.5 Å². The number of carbonyl (C=O) groups excluding carboxylic acids is 1. The highest BCUT2D eigenvalue weighted by Crippen LogP contribution is 2.29. The third-order valence-electron chi connectivity index (χ3n) is 3.45. The minimum absolute atomic E-state index is 0.165. The van der Waals surface area contributed by atoms with E-state index in [1.54, 1.807) is 11.3 Å². The second kappa shape index (κ2) is 9.79. The van der Waals surface area contributed by atoms with E-state index in [-0.39, 0.29) is 13.0 Å². The van der Waals surface area contributed by atoms with Crippen LogP contribution in [0.25, 0.3) is 10.1 Å². The standard InChI is InChI=1S/C11H9ClO2S.C8H9NO2/c12-8-2-3-10-9(5-8)7(6-15-10)1-4-11(13)14;9-8(10)11-6-7-4-2-1-3-5-7/h2-3,5-6H,1,4H2,(H,13,14);1-5H,6H2,(H2,9,10). The van der Waals surface area contributed by atoms with Crippen molar-refractivity contribution in [2.45, 2.75) is 19.4 Å². The van der Waals surface area contributed by atoms with E-state index in [4.69, 9.17) is 22.4 Å². The normalized spacial score (nSPS) is 10.0. The quantitative estimate of drug-likeness (QED) is 0.650. The fraction of sp³-hybridized carbons (Fsp3) is 0.158. The van der Waals surface area contributed by atoms with Crippen LogP contribution in [0, 0.1) is 0 Å². The third-order valence-corrected chi connectivity index (χ3v) is 4.70. The van der Waals surface area contributed by atoms with Gasteiger partial charge < -0.3 is 15.6 Å². The van der Waals surface area contributed by atoms with Crippen LogP contribution in [0.5, 0.6) is 0 Å². The second-order valence-corrected chi connectivity index (χ2v) is 6.74. The molecule has 3 N–H and O–H groups in total. The minimum Gasteiger partial charge on any atom is -0.481 e. The molecule has 0 aliphatic carbocycles. The van der Waals surface area contributed by atoms with Crippen molar-refractivity contribution >= 4 is 45.1 Å². The predicted octanol–water partition coefficient (Wildman–Crippen LogP) is 4.85. The topological polar surface area (TPSA) is 89.6 Å². The zero-order valence-corrected chi connectivity index (χ0v) is 15.4. The van der Waals surface area contributed by atoms with E-state index in [0.717, 1.165) is 21.2 Å². The molecule has 0 bridgehead atoms. The Morgan fingerprint density at radius 3 is 2.54 bits per heavy atom. The molecular weight excluding hydrogens is 374 g/mol. The summed E-state index contributed by atoms with van der Waals surface area (Å²) in [5, 5.41) is 12.4. The number of aliphatic carboxylic acids is 1. The summed E-state index contributed by atoms with van der Waals surface area (Å²) in [6.07, 6.45) is -0.0116. The summed E-state index contributed by atoms with van der Waals surface area (Å²) in [7, 11) is 0. The number of carboxylic acids is 1. The molecule has 26 heavy (non-hydrogen) atoms. The average molecular weight is 392 g/mol. The number of thiophene rings is 1. The number of aryl methyl sites for hydroxylation is 1. The van der Waals surface area contributed by atoms with E-state index in [1.807, 2.05) is 53.9 Å². The number of benzene rings is 2. The lowest BCUT2D eigenvalue weighted by atomic mass is 10.1. The van der Waals surface area contributed by atoms with Gasteiger partial charge in [-0.15, -0.1) is 11.3 Å². The fourth-order valence-electron chi connectivity index (χ4n) is 2.22. The molecule has 0 saturated heterocycles. The summed E-state index contributed by atoms with van der Waals surface area (Å²) in [4.78, 5) is 20.6. The molecule has 0 unspecified atom stereocenters. The number of carboxylic acid groups (broad SMARTS) is 1. The van der Waals surface area contributed by atoms with Crippen LogP contribution in [0.1, 0.15) is 17.5 Å². The molecule has 0 radical (unpaired) electrons. The number of halogens is 1. The van der Waals surface area contributed by atoms with Gasteiger partial charge in [0, 0.05) is 16.1 Å². The molecule has 0 fully saturated rings. The number of ether oxygens (including phenoxy) is 1. The van der Waals surface area contributed by atoms with Gasteiger partial charge in [0.25, 0.3) is 0 Å². The van der Waals surface area contributed by atoms with Gasteiger partial charge in [-0.2, -0.15) is 0 Å². The number of hydrogen-bond donors (Lipinski definition) is 2. The van der Waals surface area contributed by atoms with Crippen molar-refractivity contribution in [1.82, 2.24) is 0 Å². The Bertz CT molecular complexity index is 880. The predicted molar refractivity (Wildman–Crippen MR) is 104 cm³/mol. The largest absolute Gasteiger partial charge is 0.481 e. The molecule has 0 aliphatic heterocycles. The van der Waals surface area contributed by atoms with Gasteiger partial charge >= 0.3 is 12.1 Å². The molecular formula is C19H18ClNO4S. The zero-order chi connectivity index (χ0) is 18.9. The molecule has 136 valence electrons. The summed E-state index contributed by atoms with van der Waals surface area (Å²) < 4.78 is 5.72. The lowest BCUT2D eigenvalue weighted by molar-refractivity contribution is -0.136. The zero-order valence-electron chi connectivity index (χ0n) is 13.9. The molecule has 0 saturated carbocycles. The second-order valence-electron chi connectivity index (χ2n) is 5.39. The van der Waals surface area contributed by atoms with Gasteiger partial charge in [0.15, 0.2) is 0 Å². The number of nitrogens with two attached hydrogens (primary N) is 1. The van der Waals surface area contributed by atoms with Crippen molar-refractivity contribution in [3.63, 3.8) is 0 Å². The molecule has 0 aliphatic rings. The van der Waals surface area contributed by atoms with Crippen LogP contribution in [-0.4, -0.2) is 17.2 Å². The monoisotopic (exact) mass is 391 g/mol. The molecule has 1 aromatic heterocycles. The maximum absolute atomic E-state index is 10.5.